The number of carboxylic acid groups (broad SMARTS) is 1. The fourth-order valence-corrected chi connectivity index (χ4v) is 4.17. The number of nitrogens with one attached hydrogen (secondary N) is 2. The number of amides is 3. The van der Waals surface area contributed by atoms with Gasteiger partial charge < -0.3 is 21.5 Å². The minimum atomic E-state index is -1.14. The molecular formula is C26H43N3O5S. The zero-order valence-electron chi connectivity index (χ0n) is 21.8. The number of allylic oxidation sites excluding steroid dienone is 5. The molecule has 0 fully saturated rings. The van der Waals surface area contributed by atoms with Crippen molar-refractivity contribution in [1.29, 1.82) is 0 Å². The number of hydrogen-bond donors (Lipinski definition) is 4. The van der Waals surface area contributed by atoms with E-state index in [-0.39, 0.29) is 18.6 Å². The van der Waals surface area contributed by atoms with E-state index in [9.17, 15) is 24.3 Å². The van der Waals surface area contributed by atoms with Gasteiger partial charge >= 0.3 is 5.97 Å². The number of nitrogens with two attached hydrogens (primary N) is 1. The van der Waals surface area contributed by atoms with Crippen LogP contribution in [-0.4, -0.2) is 52.4 Å². The monoisotopic (exact) mass is 509 g/mol. The second-order valence-corrected chi connectivity index (χ2v) is 10.1. The molecule has 1 unspecified atom stereocenters. The Balaban J connectivity index is 4.60. The Bertz CT molecular complexity index is 801. The minimum Gasteiger partial charge on any atom is -0.480 e. The first-order chi connectivity index (χ1) is 16.4. The highest BCUT2D eigenvalue weighted by Crippen LogP contribution is 2.13. The van der Waals surface area contributed by atoms with Crippen molar-refractivity contribution in [2.45, 2.75) is 91.6 Å². The highest BCUT2D eigenvalue weighted by atomic mass is 32.2. The van der Waals surface area contributed by atoms with Gasteiger partial charge in [-0.1, -0.05) is 34.9 Å². The van der Waals surface area contributed by atoms with Gasteiger partial charge in [0.1, 0.15) is 12.1 Å². The molecule has 0 heterocycles. The highest BCUT2D eigenvalue weighted by molar-refractivity contribution is 7.99. The Hall–Kier alpha value is -2.55. The summed E-state index contributed by atoms with van der Waals surface area (Å²) in [6.45, 7) is 9.70. The van der Waals surface area contributed by atoms with E-state index in [1.807, 2.05) is 0 Å². The van der Waals surface area contributed by atoms with Crippen molar-refractivity contribution in [3.8, 4) is 0 Å². The first-order valence-electron chi connectivity index (χ1n) is 12.0. The molecule has 0 spiro atoms. The zero-order chi connectivity index (χ0) is 26.8. The lowest BCUT2D eigenvalue weighted by Gasteiger charge is -2.20. The fourth-order valence-electron chi connectivity index (χ4n) is 3.17. The summed E-state index contributed by atoms with van der Waals surface area (Å²) in [4.78, 5) is 46.5. The van der Waals surface area contributed by atoms with E-state index in [4.69, 9.17) is 5.73 Å². The molecule has 0 bridgehead atoms. The molecule has 0 rings (SSSR count). The van der Waals surface area contributed by atoms with Crippen molar-refractivity contribution in [2.75, 3.05) is 11.5 Å². The average molecular weight is 510 g/mol. The molecule has 5 N–H and O–H groups in total. The molecule has 9 heteroatoms. The number of thioether (sulfide) groups is 1. The summed E-state index contributed by atoms with van der Waals surface area (Å²) < 4.78 is 0. The number of rotatable bonds is 18. The molecule has 0 aliphatic carbocycles. The number of hydrogen-bond acceptors (Lipinski definition) is 5. The number of carbonyl (C=O) groups is 4. The number of primary amides is 1. The Kier molecular flexibility index (Phi) is 17.4. The Morgan fingerprint density at radius 3 is 2.00 bits per heavy atom. The van der Waals surface area contributed by atoms with Gasteiger partial charge in [0.2, 0.25) is 17.7 Å². The normalized spacial score (nSPS) is 13.5. The van der Waals surface area contributed by atoms with Crippen LogP contribution >= 0.6 is 11.8 Å². The standard InChI is InChI=1S/C26H43N3O5S/c1-18(2)9-6-10-19(3)11-7-12-20(4)15-16-35-17-23(26(33)34)29-25(32)22(28-21(5)30)13-8-14-24(27)31/h9,11,15,22-23H,6-8,10,12-14,16-17H2,1-5H3,(H2,27,31)(H,28,30)(H,29,32)(H,33,34)/b19-11+,20-15+/t22?,23-/m0/s1. The van der Waals surface area contributed by atoms with E-state index in [0.717, 1.165) is 25.7 Å². The van der Waals surface area contributed by atoms with Crippen LogP contribution in [0.15, 0.2) is 34.9 Å². The van der Waals surface area contributed by atoms with Gasteiger partial charge in [0.05, 0.1) is 0 Å². The van der Waals surface area contributed by atoms with E-state index in [2.05, 4.69) is 56.6 Å². The first kappa shape index (κ1) is 32.5. The van der Waals surface area contributed by atoms with E-state index >= 15 is 0 Å². The fraction of sp³-hybridized carbons (Fsp3) is 0.615. The van der Waals surface area contributed by atoms with Gasteiger partial charge in [-0.3, -0.25) is 14.4 Å². The quantitative estimate of drug-likeness (QED) is 0.163. The van der Waals surface area contributed by atoms with Gasteiger partial charge in [-0.2, -0.15) is 11.8 Å². The summed E-state index contributed by atoms with van der Waals surface area (Å²) in [7, 11) is 0. The van der Waals surface area contributed by atoms with Crippen molar-refractivity contribution in [3.05, 3.63) is 34.9 Å². The molecule has 0 aliphatic heterocycles. The van der Waals surface area contributed by atoms with Crippen molar-refractivity contribution in [1.82, 2.24) is 10.6 Å². The Morgan fingerprint density at radius 2 is 1.46 bits per heavy atom. The molecule has 0 saturated heterocycles. The molecule has 3 amide bonds. The Morgan fingerprint density at radius 1 is 0.857 bits per heavy atom. The summed E-state index contributed by atoms with van der Waals surface area (Å²) in [5, 5.41) is 14.5. The largest absolute Gasteiger partial charge is 0.480 e. The number of carbonyl (C=O) groups excluding carboxylic acids is 3. The maximum Gasteiger partial charge on any atom is 0.327 e. The Labute approximate surface area is 214 Å². The third kappa shape index (κ3) is 18.5. The van der Waals surface area contributed by atoms with E-state index in [1.165, 1.54) is 35.4 Å². The molecule has 198 valence electrons. The van der Waals surface area contributed by atoms with Crippen LogP contribution in [0, 0.1) is 0 Å². The van der Waals surface area contributed by atoms with E-state index in [0.29, 0.717) is 12.2 Å². The summed E-state index contributed by atoms with van der Waals surface area (Å²) in [6.07, 6.45) is 11.2. The van der Waals surface area contributed by atoms with Gasteiger partial charge in [-0.05, 0) is 66.2 Å². The van der Waals surface area contributed by atoms with E-state index < -0.39 is 35.8 Å². The third-order valence-electron chi connectivity index (χ3n) is 5.18. The zero-order valence-corrected chi connectivity index (χ0v) is 22.6. The average Bonchev–Trinajstić information content (AvgIpc) is 2.74. The second kappa shape index (κ2) is 18.7. The molecule has 0 saturated carbocycles. The van der Waals surface area contributed by atoms with Crippen LogP contribution in [0.1, 0.15) is 79.6 Å². The molecule has 0 aliphatic rings. The molecule has 35 heavy (non-hydrogen) atoms. The summed E-state index contributed by atoms with van der Waals surface area (Å²) >= 11 is 1.42. The molecule has 0 aromatic rings. The van der Waals surface area contributed by atoms with Crippen LogP contribution in [0.5, 0.6) is 0 Å². The number of carboxylic acids is 1. The SMILES string of the molecule is CC(=O)NC(CCCC(N)=O)C(=O)N[C@@H](CSC/C=C(\C)CC/C=C(\C)CCC=C(C)C)C(=O)O. The molecular weight excluding hydrogens is 466 g/mol. The van der Waals surface area contributed by atoms with Gasteiger partial charge in [0.25, 0.3) is 0 Å². The maximum atomic E-state index is 12.5. The lowest BCUT2D eigenvalue weighted by molar-refractivity contribution is -0.141. The van der Waals surface area contributed by atoms with Crippen LogP contribution in [0.3, 0.4) is 0 Å². The summed E-state index contributed by atoms with van der Waals surface area (Å²) in [5.41, 5.74) is 9.08. The van der Waals surface area contributed by atoms with Crippen molar-refractivity contribution in [3.63, 3.8) is 0 Å². The first-order valence-corrected chi connectivity index (χ1v) is 13.2. The highest BCUT2D eigenvalue weighted by Gasteiger charge is 2.25. The van der Waals surface area contributed by atoms with E-state index in [1.54, 1.807) is 0 Å². The topological polar surface area (TPSA) is 139 Å². The summed E-state index contributed by atoms with van der Waals surface area (Å²) in [6, 6.07) is -2.00. The lowest BCUT2D eigenvalue weighted by atomic mass is 10.1. The van der Waals surface area contributed by atoms with Gasteiger partial charge in [0, 0.05) is 24.9 Å². The van der Waals surface area contributed by atoms with Crippen LogP contribution in [-0.2, 0) is 19.2 Å². The third-order valence-corrected chi connectivity index (χ3v) is 6.15. The molecule has 0 aromatic heterocycles. The minimum absolute atomic E-state index is 0.0819. The number of aliphatic carboxylic acids is 1. The van der Waals surface area contributed by atoms with Crippen LogP contribution in [0.2, 0.25) is 0 Å². The predicted octanol–water partition coefficient (Wildman–Crippen LogP) is 3.87. The van der Waals surface area contributed by atoms with Gasteiger partial charge in [-0.25, -0.2) is 4.79 Å². The second-order valence-electron chi connectivity index (χ2n) is 9.01. The molecule has 8 nitrogen and oxygen atoms in total. The summed E-state index contributed by atoms with van der Waals surface area (Å²) in [5.74, 6) is -1.80. The van der Waals surface area contributed by atoms with Gasteiger partial charge in [-0.15, -0.1) is 0 Å². The van der Waals surface area contributed by atoms with Crippen molar-refractivity contribution < 1.29 is 24.3 Å². The van der Waals surface area contributed by atoms with Crippen LogP contribution < -0.4 is 16.4 Å². The van der Waals surface area contributed by atoms with Crippen LogP contribution in [0.25, 0.3) is 0 Å². The predicted molar refractivity (Wildman–Crippen MR) is 143 cm³/mol. The van der Waals surface area contributed by atoms with Crippen molar-refractivity contribution in [2.24, 2.45) is 5.73 Å². The van der Waals surface area contributed by atoms with Crippen molar-refractivity contribution >= 4 is 35.5 Å². The maximum absolute atomic E-state index is 12.5. The molecule has 0 radical (unpaired) electrons. The van der Waals surface area contributed by atoms with Crippen LogP contribution in [0.4, 0.5) is 0 Å². The lowest BCUT2D eigenvalue weighted by Crippen LogP contribution is -2.52. The smallest absolute Gasteiger partial charge is 0.327 e. The van der Waals surface area contributed by atoms with Gasteiger partial charge in [0.15, 0.2) is 0 Å². The molecule has 2 atom stereocenters. The molecule has 0 aromatic carbocycles.